The summed E-state index contributed by atoms with van der Waals surface area (Å²) in [6.07, 6.45) is 2.61. The Morgan fingerprint density at radius 2 is 2.15 bits per heavy atom. The molecule has 20 heavy (non-hydrogen) atoms. The molecule has 5 nitrogen and oxygen atoms in total. The van der Waals surface area contributed by atoms with Crippen LogP contribution in [-0.4, -0.2) is 35.5 Å². The van der Waals surface area contributed by atoms with Gasteiger partial charge in [0, 0.05) is 35.7 Å². The first kappa shape index (κ1) is 15.4. The van der Waals surface area contributed by atoms with E-state index in [9.17, 15) is 10.1 Å². The van der Waals surface area contributed by atoms with Crippen LogP contribution in [0.15, 0.2) is 22.7 Å². The van der Waals surface area contributed by atoms with Crippen LogP contribution >= 0.6 is 15.9 Å². The Labute approximate surface area is 127 Å². The number of hydrogen-bond acceptors (Lipinski definition) is 4. The van der Waals surface area contributed by atoms with Gasteiger partial charge in [-0.1, -0.05) is 15.9 Å². The van der Waals surface area contributed by atoms with Crippen LogP contribution in [0.25, 0.3) is 0 Å². The summed E-state index contributed by atoms with van der Waals surface area (Å²) < 4.78 is 0.785. The van der Waals surface area contributed by atoms with E-state index >= 15 is 0 Å². The Morgan fingerprint density at radius 1 is 1.45 bits per heavy atom. The predicted octanol–water partition coefficient (Wildman–Crippen LogP) is 2.93. The molecule has 1 aromatic carbocycles. The molecule has 0 radical (unpaired) electrons. The number of non-ortho nitro benzene ring substituents is 1. The molecule has 1 aliphatic rings. The van der Waals surface area contributed by atoms with E-state index in [0.29, 0.717) is 6.04 Å². The van der Waals surface area contributed by atoms with Crippen molar-refractivity contribution in [3.8, 4) is 0 Å². The van der Waals surface area contributed by atoms with Gasteiger partial charge in [0.15, 0.2) is 0 Å². The molecule has 0 saturated carbocycles. The third-order valence-electron chi connectivity index (χ3n) is 3.77. The number of nitro groups is 1. The molecule has 1 aliphatic heterocycles. The fourth-order valence-electron chi connectivity index (χ4n) is 2.52. The molecule has 110 valence electrons. The van der Waals surface area contributed by atoms with Crippen molar-refractivity contribution in [1.29, 1.82) is 0 Å². The molecule has 1 saturated heterocycles. The quantitative estimate of drug-likeness (QED) is 0.638. The number of benzene rings is 1. The Kier molecular flexibility index (Phi) is 5.51. The highest BCUT2D eigenvalue weighted by Gasteiger charge is 2.17. The SMILES string of the molecule is CC(CNCc1ccc([N+](=O)[O-])cc1Br)N1CCCC1. The first-order valence-corrected chi connectivity index (χ1v) is 7.75. The van der Waals surface area contributed by atoms with Crippen LogP contribution in [0.4, 0.5) is 5.69 Å². The molecule has 0 aromatic heterocycles. The van der Waals surface area contributed by atoms with Gasteiger partial charge in [0.1, 0.15) is 0 Å². The van der Waals surface area contributed by atoms with Crippen LogP contribution in [0.1, 0.15) is 25.3 Å². The first-order valence-electron chi connectivity index (χ1n) is 6.95. The highest BCUT2D eigenvalue weighted by Crippen LogP contribution is 2.22. The third-order valence-corrected chi connectivity index (χ3v) is 4.50. The monoisotopic (exact) mass is 341 g/mol. The summed E-state index contributed by atoms with van der Waals surface area (Å²) in [5.41, 5.74) is 1.16. The van der Waals surface area contributed by atoms with Gasteiger partial charge < -0.3 is 5.32 Å². The molecule has 0 bridgehead atoms. The van der Waals surface area contributed by atoms with Crippen molar-refractivity contribution >= 4 is 21.6 Å². The van der Waals surface area contributed by atoms with E-state index in [1.165, 1.54) is 25.9 Å². The van der Waals surface area contributed by atoms with Crippen molar-refractivity contribution < 1.29 is 4.92 Å². The zero-order chi connectivity index (χ0) is 14.5. The average Bonchev–Trinajstić information content (AvgIpc) is 2.94. The van der Waals surface area contributed by atoms with Crippen LogP contribution in [0.3, 0.4) is 0 Å². The largest absolute Gasteiger partial charge is 0.311 e. The van der Waals surface area contributed by atoms with Crippen molar-refractivity contribution in [2.75, 3.05) is 19.6 Å². The van der Waals surface area contributed by atoms with Crippen LogP contribution < -0.4 is 5.32 Å². The zero-order valence-electron chi connectivity index (χ0n) is 11.6. The lowest BCUT2D eigenvalue weighted by Crippen LogP contribution is -2.38. The number of nitrogens with zero attached hydrogens (tertiary/aromatic N) is 2. The van der Waals surface area contributed by atoms with Crippen molar-refractivity contribution in [2.24, 2.45) is 0 Å². The number of halogens is 1. The molecule has 2 rings (SSSR count). The average molecular weight is 342 g/mol. The van der Waals surface area contributed by atoms with Gasteiger partial charge >= 0.3 is 0 Å². The summed E-state index contributed by atoms with van der Waals surface area (Å²) in [5.74, 6) is 0. The van der Waals surface area contributed by atoms with E-state index < -0.39 is 0 Å². The van der Waals surface area contributed by atoms with E-state index in [4.69, 9.17) is 0 Å². The molecule has 1 N–H and O–H groups in total. The zero-order valence-corrected chi connectivity index (χ0v) is 13.2. The second-order valence-electron chi connectivity index (χ2n) is 5.26. The maximum absolute atomic E-state index is 10.7. The van der Waals surface area contributed by atoms with Crippen molar-refractivity contribution in [3.05, 3.63) is 38.3 Å². The fourth-order valence-corrected chi connectivity index (χ4v) is 3.03. The van der Waals surface area contributed by atoms with Crippen molar-refractivity contribution in [2.45, 2.75) is 32.4 Å². The minimum Gasteiger partial charge on any atom is -0.311 e. The Morgan fingerprint density at radius 3 is 2.75 bits per heavy atom. The minimum atomic E-state index is -0.378. The molecule has 1 unspecified atom stereocenters. The summed E-state index contributed by atoms with van der Waals surface area (Å²) in [4.78, 5) is 12.8. The predicted molar refractivity (Wildman–Crippen MR) is 82.8 cm³/mol. The Bertz CT molecular complexity index is 475. The van der Waals surface area contributed by atoms with Gasteiger partial charge in [-0.2, -0.15) is 0 Å². The molecular formula is C14H20BrN3O2. The topological polar surface area (TPSA) is 58.4 Å². The summed E-state index contributed by atoms with van der Waals surface area (Å²) in [6, 6.07) is 5.44. The van der Waals surface area contributed by atoms with Crippen molar-refractivity contribution in [3.63, 3.8) is 0 Å². The number of nitro benzene ring substituents is 1. The minimum absolute atomic E-state index is 0.117. The van der Waals surface area contributed by atoms with Crippen LogP contribution in [0.5, 0.6) is 0 Å². The number of hydrogen-bond donors (Lipinski definition) is 1. The van der Waals surface area contributed by atoms with E-state index in [-0.39, 0.29) is 10.6 Å². The second kappa shape index (κ2) is 7.15. The number of rotatable bonds is 6. The molecule has 1 atom stereocenters. The molecule has 1 aromatic rings. The molecular weight excluding hydrogens is 322 g/mol. The van der Waals surface area contributed by atoms with Gasteiger partial charge in [0.2, 0.25) is 0 Å². The van der Waals surface area contributed by atoms with Gasteiger partial charge in [0.25, 0.3) is 5.69 Å². The summed E-state index contributed by atoms with van der Waals surface area (Å²) in [6.45, 7) is 6.29. The Balaban J connectivity index is 1.83. The molecule has 1 heterocycles. The van der Waals surface area contributed by atoms with Gasteiger partial charge in [-0.05, 0) is 44.5 Å². The third kappa shape index (κ3) is 4.01. The van der Waals surface area contributed by atoms with Gasteiger partial charge in [-0.15, -0.1) is 0 Å². The van der Waals surface area contributed by atoms with E-state index in [1.807, 2.05) is 0 Å². The van der Waals surface area contributed by atoms with Gasteiger partial charge in [-0.3, -0.25) is 15.0 Å². The lowest BCUT2D eigenvalue weighted by Gasteiger charge is -2.24. The highest BCUT2D eigenvalue weighted by molar-refractivity contribution is 9.10. The molecule has 0 amide bonds. The molecule has 1 fully saturated rings. The van der Waals surface area contributed by atoms with E-state index in [0.717, 1.165) is 23.1 Å². The number of likely N-dealkylation sites (tertiary alicyclic amines) is 1. The lowest BCUT2D eigenvalue weighted by atomic mass is 10.2. The maximum atomic E-state index is 10.7. The van der Waals surface area contributed by atoms with E-state index in [1.54, 1.807) is 18.2 Å². The normalized spacial score (nSPS) is 17.3. The lowest BCUT2D eigenvalue weighted by molar-refractivity contribution is -0.384. The summed E-state index contributed by atoms with van der Waals surface area (Å²) in [7, 11) is 0. The highest BCUT2D eigenvalue weighted by atomic mass is 79.9. The molecule has 6 heteroatoms. The van der Waals surface area contributed by atoms with Crippen molar-refractivity contribution in [1.82, 2.24) is 10.2 Å². The Hall–Kier alpha value is -0.980. The van der Waals surface area contributed by atoms with E-state index in [2.05, 4.69) is 33.1 Å². The van der Waals surface area contributed by atoms with Crippen LogP contribution in [-0.2, 0) is 6.54 Å². The standard InChI is InChI=1S/C14H20BrN3O2/c1-11(17-6-2-3-7-17)9-16-10-12-4-5-13(18(19)20)8-14(12)15/h4-5,8,11,16H,2-3,6-7,9-10H2,1H3. The second-order valence-corrected chi connectivity index (χ2v) is 6.11. The summed E-state index contributed by atoms with van der Waals surface area (Å²) >= 11 is 3.39. The summed E-state index contributed by atoms with van der Waals surface area (Å²) in [5, 5.41) is 14.1. The van der Waals surface area contributed by atoms with Gasteiger partial charge in [0.05, 0.1) is 4.92 Å². The van der Waals surface area contributed by atoms with Crippen LogP contribution in [0, 0.1) is 10.1 Å². The molecule has 0 spiro atoms. The number of nitrogens with one attached hydrogen (secondary N) is 1. The van der Waals surface area contributed by atoms with Gasteiger partial charge in [-0.25, -0.2) is 0 Å². The van der Waals surface area contributed by atoms with Crippen LogP contribution in [0.2, 0.25) is 0 Å². The first-order chi connectivity index (χ1) is 9.58. The maximum Gasteiger partial charge on any atom is 0.270 e. The smallest absolute Gasteiger partial charge is 0.270 e. The molecule has 0 aliphatic carbocycles. The fraction of sp³-hybridized carbons (Fsp3) is 0.571.